The molecule has 1 aromatic rings. The van der Waals surface area contributed by atoms with E-state index in [-0.39, 0.29) is 11.6 Å². The van der Waals surface area contributed by atoms with E-state index in [2.05, 4.69) is 22.6 Å². The van der Waals surface area contributed by atoms with Gasteiger partial charge in [0.2, 0.25) is 0 Å². The second-order valence-electron chi connectivity index (χ2n) is 4.55. The molecule has 3 nitrogen and oxygen atoms in total. The van der Waals surface area contributed by atoms with Crippen LogP contribution in [0.5, 0.6) is 5.75 Å². The number of benzene rings is 1. The summed E-state index contributed by atoms with van der Waals surface area (Å²) in [6, 6.07) is 5.49. The van der Waals surface area contributed by atoms with E-state index in [1.807, 2.05) is 32.9 Å². The molecule has 0 aliphatic heterocycles. The van der Waals surface area contributed by atoms with E-state index in [0.29, 0.717) is 17.5 Å². The van der Waals surface area contributed by atoms with Gasteiger partial charge in [0.25, 0.3) is 0 Å². The van der Waals surface area contributed by atoms with Crippen molar-refractivity contribution >= 4 is 38.8 Å². The Kier molecular flexibility index (Phi) is 5.00. The van der Waals surface area contributed by atoms with Gasteiger partial charge in [-0.2, -0.15) is 0 Å². The molecule has 0 atom stereocenters. The van der Waals surface area contributed by atoms with Crippen LogP contribution < -0.4 is 4.74 Å². The van der Waals surface area contributed by atoms with Gasteiger partial charge in [0, 0.05) is 0 Å². The van der Waals surface area contributed by atoms with Gasteiger partial charge in [0.1, 0.15) is 16.9 Å². The molecule has 5 heteroatoms. The predicted octanol–water partition coefficient (Wildman–Crippen LogP) is 1.95. The lowest BCUT2D eigenvalue weighted by Crippen LogP contribution is -2.25. The van der Waals surface area contributed by atoms with Crippen LogP contribution in [0.3, 0.4) is 0 Å². The summed E-state index contributed by atoms with van der Waals surface area (Å²) in [5, 5.41) is 0. The van der Waals surface area contributed by atoms with Crippen molar-refractivity contribution < 1.29 is 14.3 Å². The molecule has 17 heavy (non-hydrogen) atoms. The number of ether oxygens (including phenoxy) is 2. The summed E-state index contributed by atoms with van der Waals surface area (Å²) in [6.45, 7) is 5.87. The Morgan fingerprint density at radius 3 is 2.59 bits per heavy atom. The van der Waals surface area contributed by atoms with Crippen molar-refractivity contribution in [2.24, 2.45) is 0 Å². The van der Waals surface area contributed by atoms with E-state index in [0.717, 1.165) is 13.8 Å². The van der Waals surface area contributed by atoms with Crippen LogP contribution in [0.1, 0.15) is 31.1 Å². The smallest absolute Gasteiger partial charge is 0.341 e. The molecule has 0 aromatic heterocycles. The van der Waals surface area contributed by atoms with Crippen LogP contribution in [0.15, 0.2) is 18.2 Å². The van der Waals surface area contributed by atoms with Crippen LogP contribution in [0.25, 0.3) is 0 Å². The Hall–Kier alpha value is -0.563. The van der Waals surface area contributed by atoms with Gasteiger partial charge in [-0.05, 0) is 55.5 Å². The zero-order valence-electron chi connectivity index (χ0n) is 10.5. The summed E-state index contributed by atoms with van der Waals surface area (Å²) in [4.78, 5) is 11.8. The van der Waals surface area contributed by atoms with Crippen molar-refractivity contribution in [2.75, 3.05) is 6.23 Å². The number of carbonyl (C=O) groups is 1. The van der Waals surface area contributed by atoms with E-state index >= 15 is 0 Å². The Bertz CT molecular complexity index is 413. The highest BCUT2D eigenvalue weighted by molar-refractivity contribution is 14.1. The van der Waals surface area contributed by atoms with Crippen molar-refractivity contribution in [3.63, 3.8) is 0 Å². The van der Waals surface area contributed by atoms with E-state index in [1.165, 1.54) is 0 Å². The molecule has 0 heterocycles. The molecule has 94 valence electrons. The lowest BCUT2D eigenvalue weighted by molar-refractivity contribution is 0.0559. The minimum atomic E-state index is -0.336. The molecule has 1 aromatic carbocycles. The van der Waals surface area contributed by atoms with Crippen LogP contribution in [-0.2, 0) is 4.74 Å². The van der Waals surface area contributed by atoms with Crippen LogP contribution in [-0.4, -0.2) is 28.0 Å². The topological polar surface area (TPSA) is 35.5 Å². The number of halogens is 1. The van der Waals surface area contributed by atoms with Crippen molar-refractivity contribution in [3.05, 3.63) is 27.3 Å². The lowest BCUT2D eigenvalue weighted by atomic mass is 10.1. The average molecular weight is 364 g/mol. The number of carbonyl (C=O) groups excluding carboxylic acids is 1. The van der Waals surface area contributed by atoms with Gasteiger partial charge in [0.15, 0.2) is 0 Å². The lowest BCUT2D eigenvalue weighted by Gasteiger charge is -2.23. The summed E-state index contributed by atoms with van der Waals surface area (Å²) in [5.74, 6) is 0.304. The summed E-state index contributed by atoms with van der Waals surface area (Å²) in [7, 11) is 0.841. The molecule has 0 bridgehead atoms. The third-order valence-electron chi connectivity index (χ3n) is 1.87. The number of hydrogen-bond acceptors (Lipinski definition) is 3. The summed E-state index contributed by atoms with van der Waals surface area (Å²) >= 11 is 2.16. The summed E-state index contributed by atoms with van der Waals surface area (Å²) in [6.07, 6.45) is 0.499. The monoisotopic (exact) mass is 364 g/mol. The number of rotatable bonds is 3. The summed E-state index contributed by atoms with van der Waals surface area (Å²) in [5.41, 5.74) is 0.166. The minimum Gasteiger partial charge on any atom is -0.486 e. The van der Waals surface area contributed by atoms with Crippen LogP contribution >= 0.6 is 22.6 Å². The number of hydrogen-bond donors (Lipinski definition) is 0. The molecular weight excluding hydrogens is 347 g/mol. The molecule has 0 unspecified atom stereocenters. The first-order chi connectivity index (χ1) is 7.85. The van der Waals surface area contributed by atoms with Crippen LogP contribution in [0.2, 0.25) is 0 Å². The Balaban J connectivity index is 3.13. The van der Waals surface area contributed by atoms with Gasteiger partial charge in [-0.3, -0.25) is 0 Å². The largest absolute Gasteiger partial charge is 0.486 e. The molecule has 0 amide bonds. The highest BCUT2D eigenvalue weighted by Gasteiger charge is 2.21. The van der Waals surface area contributed by atoms with E-state index < -0.39 is 0 Å². The molecule has 0 fully saturated rings. The predicted molar refractivity (Wildman–Crippen MR) is 79.8 cm³/mol. The van der Waals surface area contributed by atoms with Gasteiger partial charge in [0.05, 0.1) is 20.0 Å². The standard InChI is InChI=1S/C12H17IO3Si/c1-12(2,3)16-10-8(11(14)15-7-17)5-4-6-9(10)13/h4-6H,7H2,1-3,17H3. The maximum absolute atomic E-state index is 11.8. The molecule has 0 N–H and O–H groups in total. The molecular formula is C12H17IO3Si. The fourth-order valence-corrected chi connectivity index (χ4v) is 2.16. The van der Waals surface area contributed by atoms with Crippen molar-refractivity contribution in [1.29, 1.82) is 0 Å². The highest BCUT2D eigenvalue weighted by atomic mass is 127. The van der Waals surface area contributed by atoms with Gasteiger partial charge in [-0.25, -0.2) is 4.79 Å². The maximum atomic E-state index is 11.8. The Labute approximate surface area is 118 Å². The van der Waals surface area contributed by atoms with Gasteiger partial charge in [-0.15, -0.1) is 0 Å². The van der Waals surface area contributed by atoms with Gasteiger partial charge < -0.3 is 9.47 Å². The second kappa shape index (κ2) is 5.86. The molecule has 0 saturated heterocycles. The first-order valence-corrected chi connectivity index (χ1v) is 7.99. The zero-order chi connectivity index (χ0) is 13.1. The van der Waals surface area contributed by atoms with E-state index in [1.54, 1.807) is 6.07 Å². The Morgan fingerprint density at radius 1 is 1.41 bits per heavy atom. The maximum Gasteiger partial charge on any atom is 0.341 e. The molecule has 1 rings (SSSR count). The Morgan fingerprint density at radius 2 is 2.06 bits per heavy atom. The van der Waals surface area contributed by atoms with Crippen LogP contribution in [0.4, 0.5) is 0 Å². The fourth-order valence-electron chi connectivity index (χ4n) is 1.29. The third-order valence-corrected chi connectivity index (χ3v) is 3.01. The molecule has 0 radical (unpaired) electrons. The molecule has 0 aliphatic carbocycles. The van der Waals surface area contributed by atoms with Crippen LogP contribution in [0, 0.1) is 3.57 Å². The average Bonchev–Trinajstić information content (AvgIpc) is 2.19. The quantitative estimate of drug-likeness (QED) is 0.467. The van der Waals surface area contributed by atoms with E-state index in [9.17, 15) is 4.79 Å². The number of esters is 1. The second-order valence-corrected chi connectivity index (χ2v) is 6.29. The molecule has 0 saturated carbocycles. The van der Waals surface area contributed by atoms with Crippen molar-refractivity contribution in [3.8, 4) is 5.75 Å². The van der Waals surface area contributed by atoms with Gasteiger partial charge >= 0.3 is 5.97 Å². The number of para-hydroxylation sites is 1. The molecule has 0 aliphatic rings. The van der Waals surface area contributed by atoms with Crippen molar-refractivity contribution in [1.82, 2.24) is 0 Å². The molecule has 0 spiro atoms. The third kappa shape index (κ3) is 4.31. The summed E-state index contributed by atoms with van der Waals surface area (Å²) < 4.78 is 11.8. The highest BCUT2D eigenvalue weighted by Crippen LogP contribution is 2.29. The normalized spacial score (nSPS) is 11.3. The van der Waals surface area contributed by atoms with Crippen molar-refractivity contribution in [2.45, 2.75) is 26.4 Å². The van der Waals surface area contributed by atoms with Gasteiger partial charge in [-0.1, -0.05) is 6.07 Å². The minimum absolute atomic E-state index is 0.308. The first-order valence-electron chi connectivity index (χ1n) is 5.50. The zero-order valence-corrected chi connectivity index (χ0v) is 14.7. The fraction of sp³-hybridized carbons (Fsp3) is 0.417. The van der Waals surface area contributed by atoms with E-state index in [4.69, 9.17) is 9.47 Å². The first kappa shape index (κ1) is 14.5. The SMILES string of the molecule is CC(C)(C)Oc1c(I)cccc1C(=O)OC[SiH3].